The van der Waals surface area contributed by atoms with Gasteiger partial charge in [0.1, 0.15) is 11.6 Å². The molecule has 0 saturated carbocycles. The van der Waals surface area contributed by atoms with Crippen molar-refractivity contribution in [1.82, 2.24) is 5.32 Å². The van der Waals surface area contributed by atoms with E-state index in [4.69, 9.17) is 0 Å². The molecule has 1 saturated heterocycles. The summed E-state index contributed by atoms with van der Waals surface area (Å²) in [4.78, 5) is 11.8. The van der Waals surface area contributed by atoms with E-state index in [1.807, 2.05) is 0 Å². The van der Waals surface area contributed by atoms with E-state index in [0.717, 1.165) is 31.3 Å². The molecule has 1 aromatic carbocycles. The molecule has 5 heteroatoms. The normalized spacial score (nSPS) is 17.4. The van der Waals surface area contributed by atoms with Crippen LogP contribution < -0.4 is 10.6 Å². The number of amides is 1. The van der Waals surface area contributed by atoms with E-state index in [1.54, 1.807) is 6.92 Å². The van der Waals surface area contributed by atoms with Gasteiger partial charge in [-0.1, -0.05) is 6.92 Å². The van der Waals surface area contributed by atoms with Crippen molar-refractivity contribution in [2.24, 2.45) is 11.8 Å². The molecule has 17 heavy (non-hydrogen) atoms. The van der Waals surface area contributed by atoms with Crippen LogP contribution in [0, 0.1) is 23.5 Å². The van der Waals surface area contributed by atoms with Gasteiger partial charge in [0, 0.05) is 12.0 Å². The lowest BCUT2D eigenvalue weighted by molar-refractivity contribution is -0.121. The minimum Gasteiger partial charge on any atom is -0.323 e. The third kappa shape index (κ3) is 2.61. The summed E-state index contributed by atoms with van der Waals surface area (Å²) >= 11 is 0. The molecule has 0 aliphatic carbocycles. The second-order valence-corrected chi connectivity index (χ2v) is 4.32. The molecule has 0 aromatic heterocycles. The van der Waals surface area contributed by atoms with E-state index < -0.39 is 11.6 Å². The number of carbonyl (C=O) groups is 1. The minimum absolute atomic E-state index is 0.103. The average Bonchev–Trinajstić information content (AvgIpc) is 2.21. The Labute approximate surface area is 98.2 Å². The van der Waals surface area contributed by atoms with Crippen LogP contribution in [0.25, 0.3) is 0 Å². The molecule has 1 aromatic rings. The predicted molar refractivity (Wildman–Crippen MR) is 60.5 cm³/mol. The van der Waals surface area contributed by atoms with Crippen LogP contribution in [0.4, 0.5) is 14.5 Å². The van der Waals surface area contributed by atoms with Gasteiger partial charge in [-0.25, -0.2) is 8.78 Å². The summed E-state index contributed by atoms with van der Waals surface area (Å²) in [6.45, 7) is 3.37. The third-order valence-electron chi connectivity index (χ3n) is 3.12. The molecule has 2 rings (SSSR count). The number of halogens is 2. The van der Waals surface area contributed by atoms with Gasteiger partial charge in [-0.05, 0) is 31.1 Å². The number of hydrogen-bond donors (Lipinski definition) is 2. The SMILES string of the molecule is CC(C(=O)Nc1cc(F)ccc1F)C1CNC1. The van der Waals surface area contributed by atoms with Crippen molar-refractivity contribution in [2.75, 3.05) is 18.4 Å². The van der Waals surface area contributed by atoms with Gasteiger partial charge in [0.25, 0.3) is 0 Å². The van der Waals surface area contributed by atoms with Crippen LogP contribution in [0.1, 0.15) is 6.92 Å². The Morgan fingerprint density at radius 1 is 1.47 bits per heavy atom. The van der Waals surface area contributed by atoms with E-state index in [1.165, 1.54) is 0 Å². The molecule has 1 atom stereocenters. The van der Waals surface area contributed by atoms with Crippen LogP contribution in [0.2, 0.25) is 0 Å². The first-order chi connectivity index (χ1) is 8.08. The van der Waals surface area contributed by atoms with Crippen LogP contribution in [0.3, 0.4) is 0 Å². The standard InChI is InChI=1S/C12H14F2N2O/c1-7(8-5-15-6-8)12(17)16-11-4-9(13)2-3-10(11)14/h2-4,7-8,15H,5-6H2,1H3,(H,16,17). The Hall–Kier alpha value is -1.49. The zero-order valence-electron chi connectivity index (χ0n) is 9.47. The number of anilines is 1. The van der Waals surface area contributed by atoms with E-state index >= 15 is 0 Å². The van der Waals surface area contributed by atoms with E-state index in [-0.39, 0.29) is 23.4 Å². The van der Waals surface area contributed by atoms with Crippen molar-refractivity contribution < 1.29 is 13.6 Å². The molecule has 3 nitrogen and oxygen atoms in total. The summed E-state index contributed by atoms with van der Waals surface area (Å²) in [6, 6.07) is 3.00. The van der Waals surface area contributed by atoms with Gasteiger partial charge in [-0.3, -0.25) is 4.79 Å². The maximum Gasteiger partial charge on any atom is 0.227 e. The average molecular weight is 240 g/mol. The summed E-state index contributed by atoms with van der Waals surface area (Å²) in [7, 11) is 0. The highest BCUT2D eigenvalue weighted by atomic mass is 19.1. The van der Waals surface area contributed by atoms with Crippen molar-refractivity contribution in [2.45, 2.75) is 6.92 Å². The van der Waals surface area contributed by atoms with Crippen molar-refractivity contribution in [1.29, 1.82) is 0 Å². The van der Waals surface area contributed by atoms with Gasteiger partial charge < -0.3 is 10.6 Å². The Bertz CT molecular complexity index is 433. The zero-order chi connectivity index (χ0) is 12.4. The highest BCUT2D eigenvalue weighted by Crippen LogP contribution is 2.20. The van der Waals surface area contributed by atoms with Crippen LogP contribution >= 0.6 is 0 Å². The van der Waals surface area contributed by atoms with Crippen molar-refractivity contribution in [3.63, 3.8) is 0 Å². The fourth-order valence-electron chi connectivity index (χ4n) is 1.72. The molecule has 92 valence electrons. The third-order valence-corrected chi connectivity index (χ3v) is 3.12. The first-order valence-electron chi connectivity index (χ1n) is 5.54. The summed E-state index contributed by atoms with van der Waals surface area (Å²) in [5.74, 6) is -1.41. The molecule has 0 bridgehead atoms. The number of carbonyl (C=O) groups excluding carboxylic acids is 1. The maximum atomic E-state index is 13.3. The highest BCUT2D eigenvalue weighted by Gasteiger charge is 2.29. The summed E-state index contributed by atoms with van der Waals surface area (Å²) in [5, 5.41) is 5.49. The maximum absolute atomic E-state index is 13.3. The van der Waals surface area contributed by atoms with Gasteiger partial charge in [0.05, 0.1) is 5.69 Å². The Kier molecular flexibility index (Phi) is 3.38. The second-order valence-electron chi connectivity index (χ2n) is 4.32. The summed E-state index contributed by atoms with van der Waals surface area (Å²) in [5.41, 5.74) is -0.103. The number of rotatable bonds is 3. The van der Waals surface area contributed by atoms with Gasteiger partial charge in [0.2, 0.25) is 5.91 Å². The first kappa shape index (κ1) is 12.0. The quantitative estimate of drug-likeness (QED) is 0.845. The molecule has 1 aliphatic heterocycles. The Balaban J connectivity index is 2.04. The molecular formula is C12H14F2N2O. The van der Waals surface area contributed by atoms with Crippen molar-refractivity contribution >= 4 is 11.6 Å². The summed E-state index contributed by atoms with van der Waals surface area (Å²) in [6.07, 6.45) is 0. The molecule has 2 N–H and O–H groups in total. The topological polar surface area (TPSA) is 41.1 Å². The van der Waals surface area contributed by atoms with Gasteiger partial charge in [-0.2, -0.15) is 0 Å². The zero-order valence-corrected chi connectivity index (χ0v) is 9.47. The molecule has 1 unspecified atom stereocenters. The number of nitrogens with one attached hydrogen (secondary N) is 2. The first-order valence-corrected chi connectivity index (χ1v) is 5.54. The van der Waals surface area contributed by atoms with E-state index in [9.17, 15) is 13.6 Å². The minimum atomic E-state index is -0.626. The second kappa shape index (κ2) is 4.79. The molecule has 1 aliphatic rings. The Morgan fingerprint density at radius 2 is 2.18 bits per heavy atom. The number of hydrogen-bond acceptors (Lipinski definition) is 2. The van der Waals surface area contributed by atoms with Gasteiger partial charge in [0.15, 0.2) is 0 Å². The fraction of sp³-hybridized carbons (Fsp3) is 0.417. The van der Waals surface area contributed by atoms with Crippen molar-refractivity contribution in [3.05, 3.63) is 29.8 Å². The molecule has 0 spiro atoms. The fourth-order valence-corrected chi connectivity index (χ4v) is 1.72. The van der Waals surface area contributed by atoms with Crippen LogP contribution in [0.15, 0.2) is 18.2 Å². The predicted octanol–water partition coefficient (Wildman–Crippen LogP) is 1.76. The van der Waals surface area contributed by atoms with Crippen LogP contribution in [0.5, 0.6) is 0 Å². The Morgan fingerprint density at radius 3 is 2.76 bits per heavy atom. The molecule has 1 amide bonds. The lowest BCUT2D eigenvalue weighted by atomic mass is 9.88. The lowest BCUT2D eigenvalue weighted by Gasteiger charge is -2.31. The molecular weight excluding hydrogens is 226 g/mol. The summed E-state index contributed by atoms with van der Waals surface area (Å²) < 4.78 is 26.2. The van der Waals surface area contributed by atoms with Gasteiger partial charge >= 0.3 is 0 Å². The van der Waals surface area contributed by atoms with Gasteiger partial charge in [-0.15, -0.1) is 0 Å². The van der Waals surface area contributed by atoms with Crippen molar-refractivity contribution in [3.8, 4) is 0 Å². The largest absolute Gasteiger partial charge is 0.323 e. The monoisotopic (exact) mass is 240 g/mol. The smallest absolute Gasteiger partial charge is 0.227 e. The molecule has 1 heterocycles. The van der Waals surface area contributed by atoms with E-state index in [0.29, 0.717) is 0 Å². The molecule has 1 fully saturated rings. The lowest BCUT2D eigenvalue weighted by Crippen LogP contribution is -2.48. The van der Waals surface area contributed by atoms with E-state index in [2.05, 4.69) is 10.6 Å². The van der Waals surface area contributed by atoms with Crippen LogP contribution in [-0.2, 0) is 4.79 Å². The number of benzene rings is 1. The van der Waals surface area contributed by atoms with Crippen LogP contribution in [-0.4, -0.2) is 19.0 Å². The highest BCUT2D eigenvalue weighted by molar-refractivity contribution is 5.92. The molecule has 0 radical (unpaired) electrons.